The van der Waals surface area contributed by atoms with E-state index in [1.807, 2.05) is 19.4 Å². The molecule has 0 fully saturated rings. The van der Waals surface area contributed by atoms with Gasteiger partial charge in [-0.25, -0.2) is 4.98 Å². The van der Waals surface area contributed by atoms with Crippen molar-refractivity contribution in [2.24, 2.45) is 7.05 Å². The van der Waals surface area contributed by atoms with Crippen LogP contribution >= 0.6 is 0 Å². The predicted molar refractivity (Wildman–Crippen MR) is 80.2 cm³/mol. The number of aromatic nitrogens is 2. The Bertz CT molecular complexity index is 332. The maximum Gasteiger partial charge on any atom is 0.122 e. The molecule has 0 aromatic carbocycles. The molecule has 0 saturated heterocycles. The summed E-state index contributed by atoms with van der Waals surface area (Å²) < 4.78 is 2.07. The molecule has 0 aliphatic heterocycles. The molecule has 0 aliphatic rings. The Labute approximate surface area is 117 Å². The summed E-state index contributed by atoms with van der Waals surface area (Å²) in [6.07, 6.45) is 3.84. The molecule has 0 aliphatic carbocycles. The van der Waals surface area contributed by atoms with E-state index in [9.17, 15) is 0 Å². The van der Waals surface area contributed by atoms with Crippen LogP contribution in [0.3, 0.4) is 0 Å². The molecule has 0 amide bonds. The third kappa shape index (κ3) is 6.18. The van der Waals surface area contributed by atoms with Gasteiger partial charge in [-0.05, 0) is 20.1 Å². The maximum atomic E-state index is 4.34. The molecule has 19 heavy (non-hydrogen) atoms. The summed E-state index contributed by atoms with van der Waals surface area (Å²) in [5.74, 6) is 1.12. The maximum absolute atomic E-state index is 4.34. The number of imidazole rings is 1. The van der Waals surface area contributed by atoms with Crippen LogP contribution in [0.5, 0.6) is 0 Å². The highest BCUT2D eigenvalue weighted by molar-refractivity contribution is 4.90. The second kappa shape index (κ2) is 9.07. The summed E-state index contributed by atoms with van der Waals surface area (Å²) in [7, 11) is 4.18. The van der Waals surface area contributed by atoms with Gasteiger partial charge >= 0.3 is 0 Å². The van der Waals surface area contributed by atoms with Crippen LogP contribution in [0.1, 0.15) is 19.7 Å². The van der Waals surface area contributed by atoms with Crippen LogP contribution in [0.25, 0.3) is 0 Å². The summed E-state index contributed by atoms with van der Waals surface area (Å²) in [6, 6.07) is 0. The molecule has 1 N–H and O–H groups in total. The first-order valence-corrected chi connectivity index (χ1v) is 7.25. The average molecular weight is 267 g/mol. The Kier molecular flexibility index (Phi) is 7.70. The quantitative estimate of drug-likeness (QED) is 0.636. The van der Waals surface area contributed by atoms with E-state index >= 15 is 0 Å². The highest BCUT2D eigenvalue weighted by atomic mass is 15.2. The van der Waals surface area contributed by atoms with Crippen molar-refractivity contribution >= 4 is 0 Å². The first-order valence-electron chi connectivity index (χ1n) is 7.25. The van der Waals surface area contributed by atoms with E-state index in [0.29, 0.717) is 0 Å². The van der Waals surface area contributed by atoms with Crippen LogP contribution in [0.4, 0.5) is 0 Å². The first-order chi connectivity index (χ1) is 9.17. The molecule has 5 heteroatoms. The van der Waals surface area contributed by atoms with Crippen LogP contribution in [-0.2, 0) is 13.6 Å². The summed E-state index contributed by atoms with van der Waals surface area (Å²) in [4.78, 5) is 9.07. The summed E-state index contributed by atoms with van der Waals surface area (Å²) >= 11 is 0. The van der Waals surface area contributed by atoms with E-state index < -0.39 is 0 Å². The van der Waals surface area contributed by atoms with Gasteiger partial charge in [-0.1, -0.05) is 13.8 Å². The van der Waals surface area contributed by atoms with Gasteiger partial charge in [-0.15, -0.1) is 0 Å². The Morgan fingerprint density at radius 3 is 2.47 bits per heavy atom. The van der Waals surface area contributed by atoms with E-state index in [-0.39, 0.29) is 0 Å². The van der Waals surface area contributed by atoms with Crippen LogP contribution in [0.15, 0.2) is 12.4 Å². The molecule has 110 valence electrons. The molecule has 5 nitrogen and oxygen atoms in total. The van der Waals surface area contributed by atoms with Crippen molar-refractivity contribution in [1.82, 2.24) is 24.7 Å². The minimum absolute atomic E-state index is 0.904. The summed E-state index contributed by atoms with van der Waals surface area (Å²) in [6.45, 7) is 11.9. The van der Waals surface area contributed by atoms with Crippen LogP contribution < -0.4 is 5.32 Å². The Hall–Kier alpha value is -0.910. The SMILES string of the molecule is CCN(CC)CCNCCN(C)Cc1nccn1C. The van der Waals surface area contributed by atoms with E-state index in [0.717, 1.165) is 51.6 Å². The molecule has 0 spiro atoms. The van der Waals surface area contributed by atoms with Gasteiger partial charge in [0.2, 0.25) is 0 Å². The zero-order chi connectivity index (χ0) is 14.1. The molecule has 0 atom stereocenters. The molecular formula is C14H29N5. The molecule has 1 rings (SSSR count). The lowest BCUT2D eigenvalue weighted by molar-refractivity contribution is 0.287. The summed E-state index contributed by atoms with van der Waals surface area (Å²) in [5.41, 5.74) is 0. The molecule has 0 radical (unpaired) electrons. The van der Waals surface area contributed by atoms with Crippen molar-refractivity contribution in [2.45, 2.75) is 20.4 Å². The lowest BCUT2D eigenvalue weighted by Crippen LogP contribution is -2.35. The van der Waals surface area contributed by atoms with Gasteiger partial charge < -0.3 is 14.8 Å². The number of nitrogens with one attached hydrogen (secondary N) is 1. The lowest BCUT2D eigenvalue weighted by Gasteiger charge is -2.19. The minimum atomic E-state index is 0.904. The molecule has 1 aromatic rings. The van der Waals surface area contributed by atoms with Crippen LogP contribution in [-0.4, -0.2) is 65.7 Å². The zero-order valence-corrected chi connectivity index (χ0v) is 12.9. The largest absolute Gasteiger partial charge is 0.337 e. The standard InChI is InChI=1S/C14H29N5/c1-5-19(6-2)12-8-15-7-10-17(3)13-14-16-9-11-18(14)4/h9,11,15H,5-8,10,12-13H2,1-4H3. The zero-order valence-electron chi connectivity index (χ0n) is 12.9. The van der Waals surface area contributed by atoms with E-state index in [2.05, 4.69) is 45.6 Å². The molecular weight excluding hydrogens is 238 g/mol. The number of nitrogens with zero attached hydrogens (tertiary/aromatic N) is 4. The Balaban J connectivity index is 2.07. The third-order valence-corrected chi connectivity index (χ3v) is 3.50. The van der Waals surface area contributed by atoms with Gasteiger partial charge in [-0.3, -0.25) is 4.90 Å². The highest BCUT2D eigenvalue weighted by Gasteiger charge is 2.04. The molecule has 1 heterocycles. The normalized spacial score (nSPS) is 11.7. The predicted octanol–water partition coefficient (Wildman–Crippen LogP) is 0.783. The van der Waals surface area contributed by atoms with Gasteiger partial charge in [-0.2, -0.15) is 0 Å². The molecule has 1 aromatic heterocycles. The fourth-order valence-electron chi connectivity index (χ4n) is 2.04. The average Bonchev–Trinajstić information content (AvgIpc) is 2.79. The number of rotatable bonds is 10. The Morgan fingerprint density at radius 1 is 1.21 bits per heavy atom. The third-order valence-electron chi connectivity index (χ3n) is 3.50. The van der Waals surface area contributed by atoms with Crippen molar-refractivity contribution < 1.29 is 0 Å². The molecule has 0 saturated carbocycles. The van der Waals surface area contributed by atoms with Gasteiger partial charge in [0.1, 0.15) is 5.82 Å². The second-order valence-corrected chi connectivity index (χ2v) is 4.97. The monoisotopic (exact) mass is 267 g/mol. The van der Waals surface area contributed by atoms with Crippen molar-refractivity contribution in [2.75, 3.05) is 46.3 Å². The molecule has 0 bridgehead atoms. The van der Waals surface area contributed by atoms with E-state index in [4.69, 9.17) is 0 Å². The topological polar surface area (TPSA) is 36.3 Å². The van der Waals surface area contributed by atoms with Crippen molar-refractivity contribution in [1.29, 1.82) is 0 Å². The number of hydrogen-bond donors (Lipinski definition) is 1. The highest BCUT2D eigenvalue weighted by Crippen LogP contribution is 1.98. The van der Waals surface area contributed by atoms with Crippen LogP contribution in [0.2, 0.25) is 0 Å². The van der Waals surface area contributed by atoms with Gasteiger partial charge in [0.25, 0.3) is 0 Å². The lowest BCUT2D eigenvalue weighted by atomic mass is 10.4. The molecule has 0 unspecified atom stereocenters. The minimum Gasteiger partial charge on any atom is -0.337 e. The van der Waals surface area contributed by atoms with Crippen molar-refractivity contribution in [3.05, 3.63) is 18.2 Å². The smallest absolute Gasteiger partial charge is 0.122 e. The number of hydrogen-bond acceptors (Lipinski definition) is 4. The van der Waals surface area contributed by atoms with Gasteiger partial charge in [0.05, 0.1) is 6.54 Å². The second-order valence-electron chi connectivity index (χ2n) is 4.97. The summed E-state index contributed by atoms with van der Waals surface area (Å²) in [5, 5.41) is 3.50. The first kappa shape index (κ1) is 16.1. The fourth-order valence-corrected chi connectivity index (χ4v) is 2.04. The van der Waals surface area contributed by atoms with Gasteiger partial charge in [0.15, 0.2) is 0 Å². The van der Waals surface area contributed by atoms with Gasteiger partial charge in [0, 0.05) is 45.6 Å². The van der Waals surface area contributed by atoms with E-state index in [1.54, 1.807) is 0 Å². The van der Waals surface area contributed by atoms with Crippen LogP contribution in [0, 0.1) is 0 Å². The van der Waals surface area contributed by atoms with E-state index in [1.165, 1.54) is 0 Å². The number of aryl methyl sites for hydroxylation is 1. The van der Waals surface area contributed by atoms with Crippen molar-refractivity contribution in [3.8, 4) is 0 Å². The van der Waals surface area contributed by atoms with Crippen molar-refractivity contribution in [3.63, 3.8) is 0 Å². The Morgan fingerprint density at radius 2 is 1.89 bits per heavy atom. The fraction of sp³-hybridized carbons (Fsp3) is 0.786. The number of likely N-dealkylation sites (N-methyl/N-ethyl adjacent to an activating group) is 2.